The normalized spacial score (nSPS) is 12.9. The Hall–Kier alpha value is -3.38. The second-order valence-corrected chi connectivity index (χ2v) is 8.38. The van der Waals surface area contributed by atoms with Gasteiger partial charge in [-0.05, 0) is 55.7 Å². The zero-order valence-corrected chi connectivity index (χ0v) is 19.1. The number of hydrogen-bond donors (Lipinski definition) is 1. The standard InChI is InChI=1S/C25H25ClN4O2/c1-16-4-6-19(7-5-16)15-30-25(26)22(17(2)28-30)9-11-24(32)27-21-8-10-23-20(14-21)12-13-29(23)18(3)31/h4-11,14H,12-13,15H2,1-3H3,(H,27,32)/b11-9+. The number of nitrogens with zero attached hydrogens (tertiary/aromatic N) is 3. The molecule has 7 heteroatoms. The summed E-state index contributed by atoms with van der Waals surface area (Å²) in [5.74, 6) is -0.230. The number of carbonyl (C=O) groups excluding carboxylic acids is 2. The van der Waals surface area contributed by atoms with Gasteiger partial charge in [-0.2, -0.15) is 5.10 Å². The molecule has 1 N–H and O–H groups in total. The number of aryl methyl sites for hydroxylation is 2. The van der Waals surface area contributed by atoms with Gasteiger partial charge in [-0.1, -0.05) is 41.4 Å². The lowest BCUT2D eigenvalue weighted by Crippen LogP contribution is -2.25. The number of fused-ring (bicyclic) bond motifs is 1. The zero-order valence-electron chi connectivity index (χ0n) is 18.4. The van der Waals surface area contributed by atoms with Gasteiger partial charge >= 0.3 is 0 Å². The van der Waals surface area contributed by atoms with Gasteiger partial charge in [0.15, 0.2) is 0 Å². The van der Waals surface area contributed by atoms with Crippen molar-refractivity contribution in [3.8, 4) is 0 Å². The lowest BCUT2D eigenvalue weighted by atomic mass is 10.1. The maximum atomic E-state index is 12.5. The average Bonchev–Trinajstić information content (AvgIpc) is 3.29. The minimum Gasteiger partial charge on any atom is -0.323 e. The Labute approximate surface area is 192 Å². The Kier molecular flexibility index (Phi) is 6.15. The zero-order chi connectivity index (χ0) is 22.8. The van der Waals surface area contributed by atoms with E-state index in [1.54, 1.807) is 22.6 Å². The van der Waals surface area contributed by atoms with Gasteiger partial charge in [0.2, 0.25) is 11.8 Å². The van der Waals surface area contributed by atoms with E-state index in [4.69, 9.17) is 11.6 Å². The highest BCUT2D eigenvalue weighted by atomic mass is 35.5. The molecule has 164 valence electrons. The molecule has 0 saturated heterocycles. The highest BCUT2D eigenvalue weighted by Gasteiger charge is 2.22. The van der Waals surface area contributed by atoms with Crippen LogP contribution in [0.5, 0.6) is 0 Å². The summed E-state index contributed by atoms with van der Waals surface area (Å²) in [5, 5.41) is 7.89. The Morgan fingerprint density at radius 1 is 1.16 bits per heavy atom. The van der Waals surface area contributed by atoms with Gasteiger partial charge in [0.05, 0.1) is 12.2 Å². The maximum Gasteiger partial charge on any atom is 0.248 e. The molecular weight excluding hydrogens is 424 g/mol. The van der Waals surface area contributed by atoms with E-state index in [9.17, 15) is 9.59 Å². The number of halogens is 1. The van der Waals surface area contributed by atoms with Gasteiger partial charge in [-0.3, -0.25) is 9.59 Å². The van der Waals surface area contributed by atoms with Gasteiger partial charge in [-0.15, -0.1) is 0 Å². The summed E-state index contributed by atoms with van der Waals surface area (Å²) in [6.07, 6.45) is 3.93. The lowest BCUT2D eigenvalue weighted by Gasteiger charge is -2.14. The van der Waals surface area contributed by atoms with Gasteiger partial charge in [0.1, 0.15) is 5.15 Å². The molecule has 0 fully saturated rings. The van der Waals surface area contributed by atoms with E-state index in [0.717, 1.165) is 34.5 Å². The van der Waals surface area contributed by atoms with Crippen molar-refractivity contribution in [1.82, 2.24) is 9.78 Å². The van der Waals surface area contributed by atoms with E-state index in [2.05, 4.69) is 34.7 Å². The Morgan fingerprint density at radius 2 is 1.91 bits per heavy atom. The van der Waals surface area contributed by atoms with Crippen LogP contribution in [0.3, 0.4) is 0 Å². The Morgan fingerprint density at radius 3 is 2.62 bits per heavy atom. The van der Waals surface area contributed by atoms with Crippen molar-refractivity contribution < 1.29 is 9.59 Å². The van der Waals surface area contributed by atoms with E-state index < -0.39 is 0 Å². The fraction of sp³-hybridized carbons (Fsp3) is 0.240. The van der Waals surface area contributed by atoms with Crippen LogP contribution in [0.2, 0.25) is 5.15 Å². The molecule has 1 aliphatic rings. The van der Waals surface area contributed by atoms with E-state index in [-0.39, 0.29) is 11.8 Å². The average molecular weight is 449 g/mol. The summed E-state index contributed by atoms with van der Waals surface area (Å²) in [6, 6.07) is 13.8. The molecular formula is C25H25ClN4O2. The van der Waals surface area contributed by atoms with Gasteiger partial charge in [-0.25, -0.2) is 4.68 Å². The van der Waals surface area contributed by atoms with Crippen LogP contribution in [-0.2, 0) is 22.6 Å². The van der Waals surface area contributed by atoms with Crippen molar-refractivity contribution in [1.29, 1.82) is 0 Å². The first-order valence-electron chi connectivity index (χ1n) is 10.5. The highest BCUT2D eigenvalue weighted by Crippen LogP contribution is 2.30. The topological polar surface area (TPSA) is 67.2 Å². The SMILES string of the molecule is CC(=O)N1CCc2cc(NC(=O)/C=C/c3c(C)nn(Cc4ccc(C)cc4)c3Cl)ccc21. The number of rotatable bonds is 5. The van der Waals surface area contributed by atoms with Crippen molar-refractivity contribution >= 4 is 40.9 Å². The molecule has 0 atom stereocenters. The molecule has 4 rings (SSSR count). The molecule has 0 bridgehead atoms. The predicted octanol–water partition coefficient (Wildman–Crippen LogP) is 4.76. The first kappa shape index (κ1) is 21.8. The molecule has 2 heterocycles. The molecule has 0 saturated carbocycles. The summed E-state index contributed by atoms with van der Waals surface area (Å²) in [6.45, 7) is 6.72. The summed E-state index contributed by atoms with van der Waals surface area (Å²) in [4.78, 5) is 25.9. The maximum absolute atomic E-state index is 12.5. The van der Waals surface area contributed by atoms with Crippen LogP contribution in [0.1, 0.15) is 34.9 Å². The number of anilines is 2. The van der Waals surface area contributed by atoms with E-state index in [0.29, 0.717) is 23.9 Å². The van der Waals surface area contributed by atoms with E-state index in [1.165, 1.54) is 11.6 Å². The summed E-state index contributed by atoms with van der Waals surface area (Å²) >= 11 is 6.54. The van der Waals surface area contributed by atoms with E-state index in [1.807, 2.05) is 32.0 Å². The molecule has 2 amide bonds. The third-order valence-corrected chi connectivity index (χ3v) is 5.99. The molecule has 1 aromatic heterocycles. The Bertz CT molecular complexity index is 1210. The molecule has 6 nitrogen and oxygen atoms in total. The molecule has 0 unspecified atom stereocenters. The van der Waals surface area contributed by atoms with Crippen LogP contribution >= 0.6 is 11.6 Å². The van der Waals surface area contributed by atoms with Crippen molar-refractivity contribution in [3.05, 3.63) is 81.6 Å². The lowest BCUT2D eigenvalue weighted by molar-refractivity contribution is -0.116. The van der Waals surface area contributed by atoms with Crippen molar-refractivity contribution in [3.63, 3.8) is 0 Å². The third kappa shape index (κ3) is 4.60. The third-order valence-electron chi connectivity index (χ3n) is 5.59. The van der Waals surface area contributed by atoms with Crippen molar-refractivity contribution in [2.24, 2.45) is 0 Å². The first-order chi connectivity index (χ1) is 15.3. The molecule has 2 aromatic carbocycles. The van der Waals surface area contributed by atoms with Crippen LogP contribution in [0.25, 0.3) is 6.08 Å². The number of amides is 2. The second-order valence-electron chi connectivity index (χ2n) is 8.02. The summed E-state index contributed by atoms with van der Waals surface area (Å²) in [7, 11) is 0. The van der Waals surface area contributed by atoms with Gasteiger partial charge in [0.25, 0.3) is 0 Å². The number of nitrogens with one attached hydrogen (secondary N) is 1. The van der Waals surface area contributed by atoms with Crippen LogP contribution in [0.15, 0.2) is 48.5 Å². The first-order valence-corrected chi connectivity index (χ1v) is 10.9. The van der Waals surface area contributed by atoms with Gasteiger partial charge in [0, 0.05) is 36.5 Å². The minimum atomic E-state index is -0.256. The number of carbonyl (C=O) groups is 2. The van der Waals surface area contributed by atoms with Crippen molar-refractivity contribution in [2.75, 3.05) is 16.8 Å². The molecule has 0 spiro atoms. The number of aromatic nitrogens is 2. The number of hydrogen-bond acceptors (Lipinski definition) is 3. The minimum absolute atomic E-state index is 0.0265. The smallest absolute Gasteiger partial charge is 0.248 e. The second kappa shape index (κ2) is 9.01. The molecule has 1 aliphatic heterocycles. The monoisotopic (exact) mass is 448 g/mol. The van der Waals surface area contributed by atoms with Crippen LogP contribution in [0, 0.1) is 13.8 Å². The Balaban J connectivity index is 1.44. The van der Waals surface area contributed by atoms with Crippen molar-refractivity contribution in [2.45, 2.75) is 33.7 Å². The largest absolute Gasteiger partial charge is 0.323 e. The van der Waals surface area contributed by atoms with Gasteiger partial charge < -0.3 is 10.2 Å². The van der Waals surface area contributed by atoms with Crippen LogP contribution < -0.4 is 10.2 Å². The fourth-order valence-corrected chi connectivity index (χ4v) is 4.17. The molecule has 32 heavy (non-hydrogen) atoms. The molecule has 0 aliphatic carbocycles. The molecule has 3 aromatic rings. The highest BCUT2D eigenvalue weighted by molar-refractivity contribution is 6.31. The summed E-state index contributed by atoms with van der Waals surface area (Å²) < 4.78 is 1.74. The van der Waals surface area contributed by atoms with Crippen LogP contribution in [-0.4, -0.2) is 28.1 Å². The number of benzene rings is 2. The predicted molar refractivity (Wildman–Crippen MR) is 128 cm³/mol. The van der Waals surface area contributed by atoms with Crippen LogP contribution in [0.4, 0.5) is 11.4 Å². The fourth-order valence-electron chi connectivity index (χ4n) is 3.88. The van der Waals surface area contributed by atoms with E-state index >= 15 is 0 Å². The quantitative estimate of drug-likeness (QED) is 0.572. The summed E-state index contributed by atoms with van der Waals surface area (Å²) in [5.41, 5.74) is 6.45. The molecule has 0 radical (unpaired) electrons.